The average Bonchev–Trinajstić information content (AvgIpc) is 3.67. The molecule has 1 aromatic heterocycles. The molecular formula is C27H33N7O4S. The summed E-state index contributed by atoms with van der Waals surface area (Å²) >= 11 is 0. The van der Waals surface area contributed by atoms with Crippen LogP contribution in [-0.4, -0.2) is 41.9 Å². The highest BCUT2D eigenvalue weighted by Crippen LogP contribution is 2.38. The van der Waals surface area contributed by atoms with E-state index in [1.54, 1.807) is 16.9 Å². The first-order valence-corrected chi connectivity index (χ1v) is 14.8. The number of sulfonamides is 1. The number of fused-ring (bicyclic) bond motifs is 2. The molecule has 39 heavy (non-hydrogen) atoms. The SMILES string of the molecule is NCCCn1cc(CCC(=O)Nc2cccc(S(=O)(=O)NC(=O)Nc3c4c(cc5c3CCC5)CCC4)c2)nn1. The molecule has 0 unspecified atom stereocenters. The lowest BCUT2D eigenvalue weighted by atomic mass is 9.99. The Morgan fingerprint density at radius 3 is 2.46 bits per heavy atom. The summed E-state index contributed by atoms with van der Waals surface area (Å²) in [5, 5.41) is 13.6. The van der Waals surface area contributed by atoms with E-state index >= 15 is 0 Å². The highest BCUT2D eigenvalue weighted by atomic mass is 32.2. The number of benzene rings is 2. The number of nitrogens with zero attached hydrogens (tertiary/aromatic N) is 3. The third kappa shape index (κ3) is 6.28. The standard InChI is InChI=1S/C27H33N7O4S/c28-13-4-14-34-17-21(31-33-34)11-12-25(35)29-20-7-3-8-22(16-20)39(37,38)32-27(36)30-26-23-9-1-5-18(23)15-19-6-2-10-24(19)26/h3,7-8,15-17H,1-2,4-6,9-14,28H2,(H,29,35)(H2,30,32,36). The van der Waals surface area contributed by atoms with Gasteiger partial charge < -0.3 is 16.4 Å². The predicted molar refractivity (Wildman–Crippen MR) is 147 cm³/mol. The van der Waals surface area contributed by atoms with Gasteiger partial charge in [-0.2, -0.15) is 0 Å². The summed E-state index contributed by atoms with van der Waals surface area (Å²) in [7, 11) is -4.17. The molecule has 0 spiro atoms. The van der Waals surface area contributed by atoms with Gasteiger partial charge >= 0.3 is 6.03 Å². The average molecular weight is 552 g/mol. The lowest BCUT2D eigenvalue weighted by Crippen LogP contribution is -2.35. The molecule has 2 aliphatic rings. The van der Waals surface area contributed by atoms with Crippen LogP contribution >= 0.6 is 0 Å². The maximum atomic E-state index is 13.0. The Morgan fingerprint density at radius 1 is 1.00 bits per heavy atom. The molecule has 0 fully saturated rings. The summed E-state index contributed by atoms with van der Waals surface area (Å²) in [6.07, 6.45) is 8.87. The Balaban J connectivity index is 1.20. The highest BCUT2D eigenvalue weighted by molar-refractivity contribution is 7.90. The second-order valence-electron chi connectivity index (χ2n) is 9.98. The first-order valence-electron chi connectivity index (χ1n) is 13.3. The smallest absolute Gasteiger partial charge is 0.330 e. The van der Waals surface area contributed by atoms with Crippen molar-refractivity contribution in [3.05, 3.63) is 64.5 Å². The summed E-state index contributed by atoms with van der Waals surface area (Å²) in [4.78, 5) is 25.2. The zero-order valence-corrected chi connectivity index (χ0v) is 22.5. The van der Waals surface area contributed by atoms with Crippen LogP contribution in [0.15, 0.2) is 41.4 Å². The van der Waals surface area contributed by atoms with E-state index in [0.29, 0.717) is 30.9 Å². The Labute approximate surface area is 227 Å². The first kappa shape index (κ1) is 26.8. The lowest BCUT2D eigenvalue weighted by molar-refractivity contribution is -0.116. The summed E-state index contributed by atoms with van der Waals surface area (Å²) < 4.78 is 29.9. The quantitative estimate of drug-likeness (QED) is 0.301. The second-order valence-corrected chi connectivity index (χ2v) is 11.7. The number of anilines is 2. The molecule has 1 heterocycles. The van der Waals surface area contributed by atoms with Crippen molar-refractivity contribution in [1.82, 2.24) is 19.7 Å². The molecule has 0 saturated heterocycles. The Bertz CT molecular complexity index is 1470. The molecule has 3 amide bonds. The monoisotopic (exact) mass is 551 g/mol. The van der Waals surface area contributed by atoms with Crippen LogP contribution in [0.4, 0.5) is 16.2 Å². The van der Waals surface area contributed by atoms with Crippen molar-refractivity contribution in [2.45, 2.75) is 69.2 Å². The largest absolute Gasteiger partial charge is 0.333 e. The van der Waals surface area contributed by atoms with Crippen LogP contribution in [-0.2, 0) is 53.5 Å². The summed E-state index contributed by atoms with van der Waals surface area (Å²) in [5.74, 6) is -0.293. The molecule has 0 atom stereocenters. The van der Waals surface area contributed by atoms with Crippen LogP contribution in [0.25, 0.3) is 0 Å². The van der Waals surface area contributed by atoms with E-state index in [9.17, 15) is 18.0 Å². The van der Waals surface area contributed by atoms with Crippen molar-refractivity contribution in [1.29, 1.82) is 0 Å². The zero-order valence-electron chi connectivity index (χ0n) is 21.7. The fourth-order valence-corrected chi connectivity index (χ4v) is 6.26. The minimum absolute atomic E-state index is 0.123. The van der Waals surface area contributed by atoms with Gasteiger partial charge in [-0.25, -0.2) is 17.9 Å². The van der Waals surface area contributed by atoms with Gasteiger partial charge in [-0.1, -0.05) is 17.3 Å². The lowest BCUT2D eigenvalue weighted by Gasteiger charge is -2.16. The topological polar surface area (TPSA) is 161 Å². The number of urea groups is 1. The van der Waals surface area contributed by atoms with Gasteiger partial charge in [0.2, 0.25) is 5.91 Å². The zero-order chi connectivity index (χ0) is 27.4. The molecule has 0 bridgehead atoms. The Hall–Kier alpha value is -3.77. The Morgan fingerprint density at radius 2 is 1.74 bits per heavy atom. The number of amides is 3. The van der Waals surface area contributed by atoms with Gasteiger partial charge in [0.05, 0.1) is 10.6 Å². The normalized spacial score (nSPS) is 14.1. The fraction of sp³-hybridized carbons (Fsp3) is 0.407. The first-order chi connectivity index (χ1) is 18.8. The van der Waals surface area contributed by atoms with Crippen molar-refractivity contribution in [3.63, 3.8) is 0 Å². The molecule has 11 nitrogen and oxygen atoms in total. The summed E-state index contributed by atoms with van der Waals surface area (Å²) in [6.45, 7) is 1.22. The van der Waals surface area contributed by atoms with E-state index in [1.807, 2.05) is 0 Å². The molecule has 12 heteroatoms. The molecule has 206 valence electrons. The molecule has 0 radical (unpaired) electrons. The number of hydrogen-bond acceptors (Lipinski definition) is 7. The van der Waals surface area contributed by atoms with Crippen molar-refractivity contribution >= 4 is 33.3 Å². The summed E-state index contributed by atoms with van der Waals surface area (Å²) in [6, 6.07) is 7.27. The number of hydrogen-bond donors (Lipinski definition) is 4. The van der Waals surface area contributed by atoms with E-state index in [1.165, 1.54) is 29.3 Å². The van der Waals surface area contributed by atoms with E-state index in [2.05, 4.69) is 31.7 Å². The molecule has 5 N–H and O–H groups in total. The number of rotatable bonds is 10. The van der Waals surface area contributed by atoms with Gasteiger partial charge in [0.15, 0.2) is 0 Å². The van der Waals surface area contributed by atoms with Crippen LogP contribution in [0.2, 0.25) is 0 Å². The third-order valence-corrected chi connectivity index (χ3v) is 8.48. The number of aromatic nitrogens is 3. The highest BCUT2D eigenvalue weighted by Gasteiger charge is 2.26. The second kappa shape index (κ2) is 11.5. The number of nitrogens with two attached hydrogens (primary N) is 1. The molecule has 3 aromatic rings. The van der Waals surface area contributed by atoms with Crippen LogP contribution in [0.3, 0.4) is 0 Å². The van der Waals surface area contributed by atoms with Crippen molar-refractivity contribution in [3.8, 4) is 0 Å². The summed E-state index contributed by atoms with van der Waals surface area (Å²) in [5.41, 5.74) is 12.0. The number of aryl methyl sites for hydroxylation is 4. The molecule has 2 aromatic carbocycles. The van der Waals surface area contributed by atoms with Gasteiger partial charge in [-0.05, 0) is 91.9 Å². The van der Waals surface area contributed by atoms with Crippen LogP contribution in [0.1, 0.15) is 53.6 Å². The van der Waals surface area contributed by atoms with E-state index in [4.69, 9.17) is 5.73 Å². The maximum Gasteiger partial charge on any atom is 0.333 e. The van der Waals surface area contributed by atoms with Gasteiger partial charge in [0, 0.05) is 37.0 Å². The molecule has 2 aliphatic carbocycles. The van der Waals surface area contributed by atoms with Gasteiger partial charge in [0.25, 0.3) is 10.0 Å². The van der Waals surface area contributed by atoms with Gasteiger partial charge in [-0.15, -0.1) is 5.10 Å². The van der Waals surface area contributed by atoms with E-state index in [0.717, 1.165) is 61.8 Å². The number of carbonyl (C=O) groups is 2. The predicted octanol–water partition coefficient (Wildman–Crippen LogP) is 2.69. The fourth-order valence-electron chi connectivity index (χ4n) is 5.31. The molecule has 5 rings (SSSR count). The minimum Gasteiger partial charge on any atom is -0.330 e. The molecule has 0 saturated carbocycles. The third-order valence-electron chi connectivity index (χ3n) is 7.15. The van der Waals surface area contributed by atoms with Crippen LogP contribution < -0.4 is 21.1 Å². The van der Waals surface area contributed by atoms with Crippen molar-refractivity contribution in [2.24, 2.45) is 5.73 Å². The number of nitrogens with one attached hydrogen (secondary N) is 3. The number of carbonyl (C=O) groups excluding carboxylic acids is 2. The van der Waals surface area contributed by atoms with Crippen molar-refractivity contribution < 1.29 is 18.0 Å². The minimum atomic E-state index is -4.17. The van der Waals surface area contributed by atoms with Gasteiger partial charge in [-0.3, -0.25) is 9.48 Å². The maximum absolute atomic E-state index is 13.0. The van der Waals surface area contributed by atoms with Crippen LogP contribution in [0, 0.1) is 0 Å². The van der Waals surface area contributed by atoms with Crippen LogP contribution in [0.5, 0.6) is 0 Å². The van der Waals surface area contributed by atoms with Crippen molar-refractivity contribution in [2.75, 3.05) is 17.2 Å². The Kier molecular flexibility index (Phi) is 7.94. The molecular weight excluding hydrogens is 518 g/mol. The van der Waals surface area contributed by atoms with E-state index in [-0.39, 0.29) is 17.2 Å². The van der Waals surface area contributed by atoms with E-state index < -0.39 is 16.1 Å². The van der Waals surface area contributed by atoms with Gasteiger partial charge in [0.1, 0.15) is 0 Å². The molecule has 0 aliphatic heterocycles.